The van der Waals surface area contributed by atoms with E-state index in [2.05, 4.69) is 11.4 Å². The number of hydrogen-bond donors (Lipinski definition) is 1. The van der Waals surface area contributed by atoms with Crippen molar-refractivity contribution in [3.8, 4) is 0 Å². The van der Waals surface area contributed by atoms with Crippen LogP contribution in [0.3, 0.4) is 0 Å². The molecule has 0 radical (unpaired) electrons. The molecule has 1 N–H and O–H groups in total. The van der Waals surface area contributed by atoms with Gasteiger partial charge in [-0.1, -0.05) is 17.7 Å². The Hall–Kier alpha value is -2.82. The molecule has 1 atom stereocenters. The molecule has 1 aromatic carbocycles. The van der Waals surface area contributed by atoms with Gasteiger partial charge in [-0.2, -0.15) is 4.31 Å². The second-order valence-corrected chi connectivity index (χ2v) is 11.5. The number of imide groups is 1. The number of carbonyl (C=O) groups excluding carboxylic acids is 3. The fourth-order valence-corrected chi connectivity index (χ4v) is 7.07. The lowest BCUT2D eigenvalue weighted by molar-refractivity contribution is -0.122. The molecule has 0 saturated carbocycles. The summed E-state index contributed by atoms with van der Waals surface area (Å²) in [5, 5.41) is 4.32. The zero-order valence-electron chi connectivity index (χ0n) is 18.9. The van der Waals surface area contributed by atoms with Crippen molar-refractivity contribution in [2.45, 2.75) is 55.7 Å². The van der Waals surface area contributed by atoms with E-state index >= 15 is 0 Å². The summed E-state index contributed by atoms with van der Waals surface area (Å²) in [5.74, 6) is -1.25. The first-order valence-corrected chi connectivity index (χ1v) is 13.6. The number of hydrogen-bond acceptors (Lipinski definition) is 6. The summed E-state index contributed by atoms with van der Waals surface area (Å²) in [5.41, 5.74) is 2.07. The van der Waals surface area contributed by atoms with Gasteiger partial charge in [0, 0.05) is 19.2 Å². The quantitative estimate of drug-likeness (QED) is 0.436. The summed E-state index contributed by atoms with van der Waals surface area (Å²) in [4.78, 5) is 38.6. The monoisotopic (exact) mass is 501 g/mol. The summed E-state index contributed by atoms with van der Waals surface area (Å²) >= 11 is 1.10. The van der Waals surface area contributed by atoms with Crippen molar-refractivity contribution in [1.82, 2.24) is 4.31 Å². The van der Waals surface area contributed by atoms with Gasteiger partial charge >= 0.3 is 0 Å². The Bertz CT molecular complexity index is 1200. The van der Waals surface area contributed by atoms with E-state index in [-0.39, 0.29) is 23.1 Å². The maximum atomic E-state index is 13.5. The smallest absolute Gasteiger partial charge is 0.253 e. The van der Waals surface area contributed by atoms with Crippen molar-refractivity contribution in [1.29, 1.82) is 0 Å². The van der Waals surface area contributed by atoms with Gasteiger partial charge in [-0.25, -0.2) is 13.3 Å². The minimum atomic E-state index is -3.95. The summed E-state index contributed by atoms with van der Waals surface area (Å²) in [6.07, 6.45) is 6.60. The van der Waals surface area contributed by atoms with Crippen LogP contribution in [0.1, 0.15) is 45.4 Å². The first-order chi connectivity index (χ1) is 16.3. The van der Waals surface area contributed by atoms with E-state index in [0.29, 0.717) is 17.8 Å². The molecule has 0 spiro atoms. The number of carbonyl (C=O) groups is 3. The highest BCUT2D eigenvalue weighted by Crippen LogP contribution is 2.32. The van der Waals surface area contributed by atoms with E-state index < -0.39 is 27.9 Å². The normalized spacial score (nSPS) is 18.9. The van der Waals surface area contributed by atoms with Crippen LogP contribution in [0, 0.1) is 0 Å². The van der Waals surface area contributed by atoms with Crippen LogP contribution in [0.5, 0.6) is 0 Å². The second-order valence-electron chi connectivity index (χ2n) is 8.42. The largest absolute Gasteiger partial charge is 0.326 e. The highest BCUT2D eigenvalue weighted by molar-refractivity contribution is 7.91. The van der Waals surface area contributed by atoms with Crippen LogP contribution in [0.25, 0.3) is 0 Å². The lowest BCUT2D eigenvalue weighted by atomic mass is 9.97. The van der Waals surface area contributed by atoms with Crippen molar-refractivity contribution in [3.63, 3.8) is 0 Å². The molecule has 180 valence electrons. The first kappa shape index (κ1) is 24.3. The van der Waals surface area contributed by atoms with Crippen LogP contribution in [-0.4, -0.2) is 43.0 Å². The number of rotatable bonds is 8. The minimum Gasteiger partial charge on any atom is -0.326 e. The summed E-state index contributed by atoms with van der Waals surface area (Å²) < 4.78 is 28.3. The summed E-state index contributed by atoms with van der Waals surface area (Å²) in [6, 6.07) is 8.40. The average molecular weight is 502 g/mol. The number of benzene rings is 1. The van der Waals surface area contributed by atoms with Gasteiger partial charge in [0.25, 0.3) is 15.9 Å². The van der Waals surface area contributed by atoms with E-state index in [1.807, 2.05) is 0 Å². The Labute approximate surface area is 203 Å². The fraction of sp³-hybridized carbons (Fsp3) is 0.375. The number of anilines is 2. The Morgan fingerprint density at radius 1 is 1.18 bits per heavy atom. The maximum Gasteiger partial charge on any atom is 0.253 e. The molecule has 1 unspecified atom stereocenters. The zero-order valence-corrected chi connectivity index (χ0v) is 20.5. The third-order valence-corrected chi connectivity index (χ3v) is 9.29. The predicted molar refractivity (Wildman–Crippen MR) is 131 cm³/mol. The average Bonchev–Trinajstić information content (AvgIpc) is 3.44. The van der Waals surface area contributed by atoms with Crippen LogP contribution in [0.2, 0.25) is 0 Å². The zero-order chi connectivity index (χ0) is 24.3. The number of nitrogens with one attached hydrogen (secondary N) is 1. The molecule has 34 heavy (non-hydrogen) atoms. The van der Waals surface area contributed by atoms with Crippen molar-refractivity contribution >= 4 is 50.5 Å². The molecule has 1 aliphatic heterocycles. The van der Waals surface area contributed by atoms with Crippen molar-refractivity contribution in [3.05, 3.63) is 53.4 Å². The molecule has 3 amide bonds. The van der Waals surface area contributed by atoms with Gasteiger partial charge in [-0.3, -0.25) is 14.4 Å². The van der Waals surface area contributed by atoms with Crippen LogP contribution in [0.15, 0.2) is 57.6 Å². The van der Waals surface area contributed by atoms with Gasteiger partial charge in [0.15, 0.2) is 0 Å². The van der Waals surface area contributed by atoms with Crippen LogP contribution in [-0.2, 0) is 24.4 Å². The van der Waals surface area contributed by atoms with Crippen molar-refractivity contribution in [2.75, 3.05) is 16.8 Å². The second kappa shape index (κ2) is 10.2. The van der Waals surface area contributed by atoms with Crippen LogP contribution >= 0.6 is 11.3 Å². The molecule has 0 bridgehead atoms. The van der Waals surface area contributed by atoms with E-state index in [1.54, 1.807) is 35.7 Å². The molecule has 10 heteroatoms. The van der Waals surface area contributed by atoms with Crippen LogP contribution in [0.4, 0.5) is 11.4 Å². The SMILES string of the molecule is CC(=O)Nc1ccc(N2C(=O)CC(N(CCC3=CCCCC3)S(=O)(=O)c3cccs3)C2=O)cc1. The molecule has 8 nitrogen and oxygen atoms in total. The van der Waals surface area contributed by atoms with Gasteiger partial charge in [0.05, 0.1) is 12.1 Å². The van der Waals surface area contributed by atoms with Gasteiger partial charge in [0.2, 0.25) is 11.8 Å². The third kappa shape index (κ3) is 5.13. The lowest BCUT2D eigenvalue weighted by Gasteiger charge is -2.27. The Kier molecular flexibility index (Phi) is 7.30. The summed E-state index contributed by atoms with van der Waals surface area (Å²) in [7, 11) is -3.95. The molecule has 1 fully saturated rings. The van der Waals surface area contributed by atoms with E-state index in [4.69, 9.17) is 0 Å². The van der Waals surface area contributed by atoms with Gasteiger partial charge in [-0.15, -0.1) is 11.3 Å². The molecule has 4 rings (SSSR count). The molecule has 2 aromatic rings. The fourth-order valence-electron chi connectivity index (χ4n) is 4.36. The highest BCUT2D eigenvalue weighted by Gasteiger charge is 2.47. The van der Waals surface area contributed by atoms with Crippen molar-refractivity contribution in [2.24, 2.45) is 0 Å². The molecule has 1 saturated heterocycles. The van der Waals surface area contributed by atoms with Gasteiger partial charge in [0.1, 0.15) is 10.3 Å². The van der Waals surface area contributed by atoms with Crippen LogP contribution < -0.4 is 10.2 Å². The Morgan fingerprint density at radius 2 is 1.94 bits per heavy atom. The number of amides is 3. The Balaban J connectivity index is 1.60. The summed E-state index contributed by atoms with van der Waals surface area (Å²) in [6.45, 7) is 1.53. The minimum absolute atomic E-state index is 0.144. The topological polar surface area (TPSA) is 104 Å². The maximum absolute atomic E-state index is 13.5. The van der Waals surface area contributed by atoms with Gasteiger partial charge in [-0.05, 0) is 67.8 Å². The van der Waals surface area contributed by atoms with E-state index in [1.165, 1.54) is 22.9 Å². The Morgan fingerprint density at radius 3 is 2.56 bits per heavy atom. The molecule has 1 aromatic heterocycles. The number of allylic oxidation sites excluding steroid dienone is 1. The van der Waals surface area contributed by atoms with E-state index in [0.717, 1.165) is 41.9 Å². The molecule has 2 heterocycles. The predicted octanol–water partition coefficient (Wildman–Crippen LogP) is 3.92. The third-order valence-electron chi connectivity index (χ3n) is 6.01. The lowest BCUT2D eigenvalue weighted by Crippen LogP contribution is -2.45. The molecular weight excluding hydrogens is 474 g/mol. The number of thiophene rings is 1. The van der Waals surface area contributed by atoms with Gasteiger partial charge < -0.3 is 5.32 Å². The van der Waals surface area contributed by atoms with Crippen molar-refractivity contribution < 1.29 is 22.8 Å². The molecule has 2 aliphatic rings. The first-order valence-electron chi connectivity index (χ1n) is 11.2. The number of sulfonamides is 1. The molecular formula is C24H27N3O5S2. The number of nitrogens with zero attached hydrogens (tertiary/aromatic N) is 2. The molecule has 1 aliphatic carbocycles. The van der Waals surface area contributed by atoms with E-state index in [9.17, 15) is 22.8 Å². The standard InChI is InChI=1S/C24H27N3O5S2/c1-17(28)25-19-9-11-20(12-10-19)27-22(29)16-21(24(27)30)26(14-13-18-6-3-2-4-7-18)34(31,32)23-8-5-15-33-23/h5-6,8-12,15,21H,2-4,7,13-14,16H2,1H3,(H,25,28). The highest BCUT2D eigenvalue weighted by atomic mass is 32.2.